The zero-order valence-corrected chi connectivity index (χ0v) is 12.9. The number of hydrogen-bond donors (Lipinski definition) is 1. The summed E-state index contributed by atoms with van der Waals surface area (Å²) >= 11 is 0. The molecule has 0 unspecified atom stereocenters. The summed E-state index contributed by atoms with van der Waals surface area (Å²) in [5, 5.41) is 2.13. The highest BCUT2D eigenvalue weighted by Gasteiger charge is 2.38. The molecule has 1 amide bonds. The van der Waals surface area contributed by atoms with Gasteiger partial charge in [-0.05, 0) is 17.7 Å². The molecule has 2 aromatic rings. The summed E-state index contributed by atoms with van der Waals surface area (Å²) in [7, 11) is 0. The minimum atomic E-state index is -4.83. The first-order valence-corrected chi connectivity index (χ1v) is 7.16. The Kier molecular flexibility index (Phi) is 4.25. The molecule has 5 nitrogen and oxygen atoms in total. The van der Waals surface area contributed by atoms with E-state index in [-0.39, 0.29) is 34.5 Å². The van der Waals surface area contributed by atoms with Crippen LogP contribution in [0.2, 0.25) is 0 Å². The van der Waals surface area contributed by atoms with Crippen molar-refractivity contribution in [3.63, 3.8) is 0 Å². The molecule has 0 atom stereocenters. The molecule has 0 fully saturated rings. The lowest BCUT2D eigenvalue weighted by molar-refractivity contribution is -0.145. The number of carbonyl (C=O) groups excluding carboxylic acids is 2. The third-order valence-electron chi connectivity index (χ3n) is 3.50. The minimum absolute atomic E-state index is 0.00395. The number of halogens is 6. The number of ketones is 1. The van der Waals surface area contributed by atoms with Gasteiger partial charge in [-0.25, -0.2) is 9.97 Å². The van der Waals surface area contributed by atoms with E-state index >= 15 is 0 Å². The molecule has 11 heteroatoms. The third kappa shape index (κ3) is 3.81. The number of hydrogen-bond acceptors (Lipinski definition) is 4. The second kappa shape index (κ2) is 6.18. The molecular weight excluding hydrogens is 380 g/mol. The Morgan fingerprint density at radius 3 is 2.37 bits per heavy atom. The fraction of sp³-hybridized carbons (Fsp3) is 0.125. The minimum Gasteiger partial charge on any atom is -0.322 e. The molecule has 1 aliphatic carbocycles. The normalized spacial score (nSPS) is 13.6. The summed E-state index contributed by atoms with van der Waals surface area (Å²) in [4.78, 5) is 30.3. The zero-order chi connectivity index (χ0) is 20.0. The van der Waals surface area contributed by atoms with Crippen LogP contribution >= 0.6 is 0 Å². The lowest BCUT2D eigenvalue weighted by Crippen LogP contribution is -2.13. The maximum absolute atomic E-state index is 12.7. The van der Waals surface area contributed by atoms with Crippen LogP contribution in [-0.4, -0.2) is 27.8 Å². The van der Waals surface area contributed by atoms with Crippen molar-refractivity contribution in [1.82, 2.24) is 9.97 Å². The molecule has 0 radical (unpaired) electrons. The first-order valence-electron chi connectivity index (χ1n) is 7.16. The quantitative estimate of drug-likeness (QED) is 0.537. The first-order chi connectivity index (χ1) is 12.5. The number of allylic oxidation sites excluding steroid dienone is 1. The van der Waals surface area contributed by atoms with Crippen molar-refractivity contribution in [3.8, 4) is 11.1 Å². The van der Waals surface area contributed by atoms with E-state index in [1.165, 1.54) is 12.1 Å². The van der Waals surface area contributed by atoms with Crippen molar-refractivity contribution in [3.05, 3.63) is 53.6 Å². The Balaban J connectivity index is 1.89. The van der Waals surface area contributed by atoms with E-state index in [1.54, 1.807) is 0 Å². The van der Waals surface area contributed by atoms with Gasteiger partial charge in [0.15, 0.2) is 0 Å². The second-order valence-corrected chi connectivity index (χ2v) is 5.41. The van der Waals surface area contributed by atoms with Crippen LogP contribution in [0.1, 0.15) is 21.9 Å². The number of nitrogens with one attached hydrogen (secondary N) is 1. The van der Waals surface area contributed by atoms with Crippen molar-refractivity contribution < 1.29 is 35.9 Å². The molecule has 140 valence electrons. The van der Waals surface area contributed by atoms with Crippen LogP contribution in [-0.2, 0) is 11.0 Å². The molecule has 0 saturated heterocycles. The second-order valence-electron chi connectivity index (χ2n) is 5.41. The zero-order valence-electron chi connectivity index (χ0n) is 12.9. The fourth-order valence-electron chi connectivity index (χ4n) is 2.41. The van der Waals surface area contributed by atoms with E-state index in [1.807, 2.05) is 0 Å². The lowest BCUT2D eigenvalue weighted by Gasteiger charge is -2.06. The number of carbonyl (C=O) groups is 2. The highest BCUT2D eigenvalue weighted by molar-refractivity contribution is 6.21. The van der Waals surface area contributed by atoms with Gasteiger partial charge in [0, 0.05) is 35.2 Å². The molecule has 1 heterocycles. The van der Waals surface area contributed by atoms with Gasteiger partial charge in [-0.2, -0.15) is 26.3 Å². The summed E-state index contributed by atoms with van der Waals surface area (Å²) in [5.74, 6) is -3.36. The van der Waals surface area contributed by atoms with Gasteiger partial charge in [0.1, 0.15) is 5.69 Å². The molecule has 0 bridgehead atoms. The summed E-state index contributed by atoms with van der Waals surface area (Å²) in [5.41, 5.74) is -0.134. The van der Waals surface area contributed by atoms with E-state index < -0.39 is 35.6 Å². The van der Waals surface area contributed by atoms with Gasteiger partial charge in [0.25, 0.3) is 0 Å². The van der Waals surface area contributed by atoms with Crippen molar-refractivity contribution in [2.45, 2.75) is 12.4 Å². The molecule has 1 aromatic carbocycles. The predicted octanol–water partition coefficient (Wildman–Crippen LogP) is 3.76. The van der Waals surface area contributed by atoms with Crippen molar-refractivity contribution in [1.29, 1.82) is 0 Å². The Morgan fingerprint density at radius 1 is 1.04 bits per heavy atom. The number of nitrogens with zero attached hydrogens (tertiary/aromatic N) is 2. The Bertz CT molecular complexity index is 979. The van der Waals surface area contributed by atoms with Gasteiger partial charge in [-0.1, -0.05) is 6.07 Å². The molecule has 27 heavy (non-hydrogen) atoms. The summed E-state index contributed by atoms with van der Waals surface area (Å²) < 4.78 is 74.3. The van der Waals surface area contributed by atoms with E-state index in [0.717, 1.165) is 12.3 Å². The summed E-state index contributed by atoms with van der Waals surface area (Å²) in [6.45, 7) is 0. The maximum Gasteiger partial charge on any atom is 0.451 e. The Labute approximate surface area is 146 Å². The molecule has 1 aliphatic rings. The SMILES string of the molecule is O=C(/C=C/C(F)(F)F)Nc1ccc2c(c1)C(=O)c1nc(C(F)(F)F)ncc1-2. The maximum atomic E-state index is 12.7. The first kappa shape index (κ1) is 18.5. The van der Waals surface area contributed by atoms with Crippen molar-refractivity contribution in [2.24, 2.45) is 0 Å². The highest BCUT2D eigenvalue weighted by Crippen LogP contribution is 2.38. The Hall–Kier alpha value is -3.24. The molecule has 0 aliphatic heterocycles. The fourth-order valence-corrected chi connectivity index (χ4v) is 2.41. The number of rotatable bonds is 2. The predicted molar refractivity (Wildman–Crippen MR) is 79.7 cm³/mol. The van der Waals surface area contributed by atoms with Gasteiger partial charge >= 0.3 is 12.4 Å². The Morgan fingerprint density at radius 2 is 1.74 bits per heavy atom. The van der Waals surface area contributed by atoms with Crippen LogP contribution in [0.4, 0.5) is 32.0 Å². The number of amides is 1. The topological polar surface area (TPSA) is 72.0 Å². The van der Waals surface area contributed by atoms with Crippen LogP contribution in [0, 0.1) is 0 Å². The van der Waals surface area contributed by atoms with Gasteiger partial charge < -0.3 is 5.32 Å². The highest BCUT2D eigenvalue weighted by atomic mass is 19.4. The number of alkyl halides is 6. The van der Waals surface area contributed by atoms with E-state index in [9.17, 15) is 35.9 Å². The third-order valence-corrected chi connectivity index (χ3v) is 3.50. The van der Waals surface area contributed by atoms with Crippen molar-refractivity contribution in [2.75, 3.05) is 5.32 Å². The molecule has 0 saturated carbocycles. The van der Waals surface area contributed by atoms with Gasteiger partial charge in [-0.3, -0.25) is 9.59 Å². The van der Waals surface area contributed by atoms with Crippen LogP contribution in [0.3, 0.4) is 0 Å². The largest absolute Gasteiger partial charge is 0.451 e. The number of fused-ring (bicyclic) bond motifs is 3. The van der Waals surface area contributed by atoms with Crippen LogP contribution in [0.15, 0.2) is 36.5 Å². The van der Waals surface area contributed by atoms with Gasteiger partial charge in [0.2, 0.25) is 17.5 Å². The number of anilines is 1. The van der Waals surface area contributed by atoms with Crippen molar-refractivity contribution >= 4 is 17.4 Å². The standard InChI is InChI=1S/C16H7F6N3O2/c17-15(18,19)4-3-11(26)24-7-1-2-8-9(5-7)13(27)12-10(8)6-23-14(25-12)16(20,21)22/h1-6H,(H,24,26)/b4-3+. The van der Waals surface area contributed by atoms with Gasteiger partial charge in [0.05, 0.1) is 0 Å². The smallest absolute Gasteiger partial charge is 0.322 e. The lowest BCUT2D eigenvalue weighted by atomic mass is 10.1. The van der Waals surface area contributed by atoms with Crippen LogP contribution in [0.25, 0.3) is 11.1 Å². The van der Waals surface area contributed by atoms with E-state index in [4.69, 9.17) is 0 Å². The number of benzene rings is 1. The van der Waals surface area contributed by atoms with Crippen LogP contribution < -0.4 is 5.32 Å². The average Bonchev–Trinajstić information content (AvgIpc) is 2.84. The molecule has 1 aromatic heterocycles. The summed E-state index contributed by atoms with van der Waals surface area (Å²) in [6, 6.07) is 3.77. The monoisotopic (exact) mass is 387 g/mol. The average molecular weight is 387 g/mol. The molecule has 1 N–H and O–H groups in total. The summed E-state index contributed by atoms with van der Waals surface area (Å²) in [6.07, 6.45) is -8.61. The molecule has 3 rings (SSSR count). The number of aromatic nitrogens is 2. The van der Waals surface area contributed by atoms with E-state index in [0.29, 0.717) is 0 Å². The van der Waals surface area contributed by atoms with Crippen LogP contribution in [0.5, 0.6) is 0 Å². The molecule has 0 spiro atoms. The van der Waals surface area contributed by atoms with E-state index in [2.05, 4.69) is 15.3 Å². The van der Waals surface area contributed by atoms with Gasteiger partial charge in [-0.15, -0.1) is 0 Å². The molecular formula is C16H7F6N3O2.